The van der Waals surface area contributed by atoms with Crippen LogP contribution >= 0.6 is 0 Å². The van der Waals surface area contributed by atoms with Crippen molar-refractivity contribution in [3.63, 3.8) is 0 Å². The maximum Gasteiger partial charge on any atom is 0.274 e. The molecule has 1 aromatic heterocycles. The number of amides is 1. The van der Waals surface area contributed by atoms with Gasteiger partial charge < -0.3 is 10.1 Å². The molecule has 20 heavy (non-hydrogen) atoms. The summed E-state index contributed by atoms with van der Waals surface area (Å²) in [4.78, 5) is 20.1. The van der Waals surface area contributed by atoms with Crippen LogP contribution in [0.2, 0.25) is 0 Å². The van der Waals surface area contributed by atoms with Gasteiger partial charge in [-0.1, -0.05) is 25.1 Å². The van der Waals surface area contributed by atoms with E-state index < -0.39 is 0 Å². The molecule has 2 rings (SSSR count). The number of para-hydroxylation sites is 1. The predicted molar refractivity (Wildman–Crippen MR) is 77.0 cm³/mol. The van der Waals surface area contributed by atoms with Crippen LogP contribution in [0.3, 0.4) is 0 Å². The van der Waals surface area contributed by atoms with E-state index in [0.29, 0.717) is 12.5 Å². The largest absolute Gasteiger partial charge is 0.478 e. The summed E-state index contributed by atoms with van der Waals surface area (Å²) in [6, 6.07) is 9.24. The zero-order valence-corrected chi connectivity index (χ0v) is 11.6. The van der Waals surface area contributed by atoms with Crippen LogP contribution in [0.15, 0.2) is 36.7 Å². The Kier molecular flexibility index (Phi) is 4.65. The monoisotopic (exact) mass is 271 g/mol. The van der Waals surface area contributed by atoms with E-state index in [2.05, 4.69) is 15.3 Å². The molecule has 1 aromatic carbocycles. The highest BCUT2D eigenvalue weighted by Crippen LogP contribution is 2.16. The summed E-state index contributed by atoms with van der Waals surface area (Å²) in [5, 5.41) is 2.86. The quantitative estimate of drug-likeness (QED) is 0.908. The number of carbonyl (C=O) groups is 1. The molecule has 5 heteroatoms. The Hall–Kier alpha value is -2.43. The number of benzene rings is 1. The second-order valence-electron chi connectivity index (χ2n) is 4.14. The number of nitrogens with one attached hydrogen (secondary N) is 1. The van der Waals surface area contributed by atoms with Crippen LogP contribution in [0.1, 0.15) is 29.9 Å². The fourth-order valence-corrected chi connectivity index (χ4v) is 1.83. The average molecular weight is 271 g/mol. The minimum atomic E-state index is -0.269. The summed E-state index contributed by atoms with van der Waals surface area (Å²) >= 11 is 0. The first-order chi connectivity index (χ1) is 9.74. The minimum Gasteiger partial charge on any atom is -0.478 e. The highest BCUT2D eigenvalue weighted by atomic mass is 16.5. The molecular formula is C15H17N3O2. The predicted octanol–water partition coefficient (Wildman–Crippen LogP) is 2.69. The molecule has 0 saturated heterocycles. The van der Waals surface area contributed by atoms with Crippen LogP contribution in [0.25, 0.3) is 0 Å². The van der Waals surface area contributed by atoms with Gasteiger partial charge in [-0.15, -0.1) is 0 Å². The van der Waals surface area contributed by atoms with Gasteiger partial charge in [0.1, 0.15) is 12.0 Å². The number of aryl methyl sites for hydroxylation is 1. The molecule has 0 aliphatic carbocycles. The molecule has 1 N–H and O–H groups in total. The third-order valence-corrected chi connectivity index (χ3v) is 2.81. The summed E-state index contributed by atoms with van der Waals surface area (Å²) < 4.78 is 5.26. The van der Waals surface area contributed by atoms with Gasteiger partial charge in [0.25, 0.3) is 5.91 Å². The van der Waals surface area contributed by atoms with E-state index in [0.717, 1.165) is 17.7 Å². The first-order valence-corrected chi connectivity index (χ1v) is 6.58. The maximum atomic E-state index is 12.2. The van der Waals surface area contributed by atoms with Crippen molar-refractivity contribution in [3.05, 3.63) is 47.9 Å². The Morgan fingerprint density at radius 2 is 2.05 bits per heavy atom. The van der Waals surface area contributed by atoms with E-state index in [1.165, 1.54) is 12.4 Å². The SMILES string of the molecule is CCOc1cc(C(=O)Nc2ccccc2CC)ncn1. The van der Waals surface area contributed by atoms with Gasteiger partial charge in [0.2, 0.25) is 5.88 Å². The number of aromatic nitrogens is 2. The third kappa shape index (κ3) is 3.32. The van der Waals surface area contributed by atoms with Gasteiger partial charge >= 0.3 is 0 Å². The molecule has 0 saturated carbocycles. The highest BCUT2D eigenvalue weighted by Gasteiger charge is 2.11. The number of hydrogen-bond acceptors (Lipinski definition) is 4. The molecule has 0 aliphatic heterocycles. The van der Waals surface area contributed by atoms with Crippen LogP contribution in [0.4, 0.5) is 5.69 Å². The van der Waals surface area contributed by atoms with Crippen molar-refractivity contribution in [1.82, 2.24) is 9.97 Å². The van der Waals surface area contributed by atoms with Gasteiger partial charge in [0, 0.05) is 11.8 Å². The number of rotatable bonds is 5. The van der Waals surface area contributed by atoms with Crippen molar-refractivity contribution in [3.8, 4) is 5.88 Å². The fourth-order valence-electron chi connectivity index (χ4n) is 1.83. The molecule has 0 atom stereocenters. The Bertz CT molecular complexity index is 599. The summed E-state index contributed by atoms with van der Waals surface area (Å²) in [6.07, 6.45) is 2.18. The van der Waals surface area contributed by atoms with E-state index in [4.69, 9.17) is 4.74 Å². The van der Waals surface area contributed by atoms with Crippen molar-refractivity contribution >= 4 is 11.6 Å². The van der Waals surface area contributed by atoms with Gasteiger partial charge in [0.05, 0.1) is 6.61 Å². The van der Waals surface area contributed by atoms with Gasteiger partial charge in [-0.05, 0) is 25.0 Å². The zero-order valence-electron chi connectivity index (χ0n) is 11.6. The molecule has 2 aromatic rings. The van der Waals surface area contributed by atoms with Gasteiger partial charge in [-0.2, -0.15) is 0 Å². The van der Waals surface area contributed by atoms with Gasteiger partial charge in [-0.3, -0.25) is 4.79 Å². The molecule has 0 aliphatic rings. The number of ether oxygens (including phenoxy) is 1. The molecule has 0 radical (unpaired) electrons. The van der Waals surface area contributed by atoms with E-state index in [1.54, 1.807) is 0 Å². The van der Waals surface area contributed by atoms with Crippen LogP contribution in [0, 0.1) is 0 Å². The highest BCUT2D eigenvalue weighted by molar-refractivity contribution is 6.03. The normalized spacial score (nSPS) is 10.1. The van der Waals surface area contributed by atoms with Crippen LogP contribution in [-0.4, -0.2) is 22.5 Å². The lowest BCUT2D eigenvalue weighted by Crippen LogP contribution is -2.15. The smallest absolute Gasteiger partial charge is 0.274 e. The first kappa shape index (κ1) is 14.0. The molecule has 5 nitrogen and oxygen atoms in total. The van der Waals surface area contributed by atoms with E-state index >= 15 is 0 Å². The lowest BCUT2D eigenvalue weighted by Gasteiger charge is -2.09. The Labute approximate surface area is 118 Å². The summed E-state index contributed by atoms with van der Waals surface area (Å²) in [5.41, 5.74) is 2.17. The summed E-state index contributed by atoms with van der Waals surface area (Å²) in [7, 11) is 0. The van der Waals surface area contributed by atoms with E-state index in [1.807, 2.05) is 38.1 Å². The molecule has 1 amide bonds. The molecule has 0 spiro atoms. The molecule has 0 bridgehead atoms. The minimum absolute atomic E-state index is 0.269. The molecule has 0 unspecified atom stereocenters. The van der Waals surface area contributed by atoms with Crippen molar-refractivity contribution in [2.75, 3.05) is 11.9 Å². The number of nitrogens with zero attached hydrogens (tertiary/aromatic N) is 2. The first-order valence-electron chi connectivity index (χ1n) is 6.58. The Morgan fingerprint density at radius 1 is 1.25 bits per heavy atom. The molecule has 0 fully saturated rings. The van der Waals surface area contributed by atoms with E-state index in [9.17, 15) is 4.79 Å². The second-order valence-corrected chi connectivity index (χ2v) is 4.14. The second kappa shape index (κ2) is 6.65. The fraction of sp³-hybridized carbons (Fsp3) is 0.267. The molecular weight excluding hydrogens is 254 g/mol. The van der Waals surface area contributed by atoms with Crippen LogP contribution in [-0.2, 0) is 6.42 Å². The number of carbonyl (C=O) groups excluding carboxylic acids is 1. The standard InChI is InChI=1S/C15H17N3O2/c1-3-11-7-5-6-8-12(11)18-15(19)13-9-14(20-4-2)17-10-16-13/h5-10H,3-4H2,1-2H3,(H,18,19). The van der Waals surface area contributed by atoms with Crippen molar-refractivity contribution in [2.24, 2.45) is 0 Å². The Morgan fingerprint density at radius 3 is 2.80 bits per heavy atom. The lowest BCUT2D eigenvalue weighted by atomic mass is 10.1. The summed E-state index contributed by atoms with van der Waals surface area (Å²) in [6.45, 7) is 4.40. The molecule has 104 valence electrons. The Balaban J connectivity index is 2.17. The lowest BCUT2D eigenvalue weighted by molar-refractivity contribution is 0.102. The van der Waals surface area contributed by atoms with Crippen molar-refractivity contribution < 1.29 is 9.53 Å². The van der Waals surface area contributed by atoms with E-state index in [-0.39, 0.29) is 11.6 Å². The van der Waals surface area contributed by atoms with Crippen molar-refractivity contribution in [1.29, 1.82) is 0 Å². The maximum absolute atomic E-state index is 12.2. The van der Waals surface area contributed by atoms with Gasteiger partial charge in [0.15, 0.2) is 0 Å². The number of hydrogen-bond donors (Lipinski definition) is 1. The zero-order chi connectivity index (χ0) is 14.4. The van der Waals surface area contributed by atoms with Crippen LogP contribution in [0.5, 0.6) is 5.88 Å². The van der Waals surface area contributed by atoms with Crippen LogP contribution < -0.4 is 10.1 Å². The van der Waals surface area contributed by atoms with Crippen molar-refractivity contribution in [2.45, 2.75) is 20.3 Å². The third-order valence-electron chi connectivity index (χ3n) is 2.81. The molecule has 1 heterocycles. The topological polar surface area (TPSA) is 64.1 Å². The average Bonchev–Trinajstić information content (AvgIpc) is 2.48. The number of anilines is 1. The summed E-state index contributed by atoms with van der Waals surface area (Å²) in [5.74, 6) is 0.130. The van der Waals surface area contributed by atoms with Gasteiger partial charge in [-0.25, -0.2) is 9.97 Å².